The van der Waals surface area contributed by atoms with Crippen molar-refractivity contribution >= 4 is 16.9 Å². The lowest BCUT2D eigenvalue weighted by Crippen LogP contribution is -2.22. The summed E-state index contributed by atoms with van der Waals surface area (Å²) < 4.78 is 22.0. The second-order valence-electron chi connectivity index (χ2n) is 8.16. The molecule has 0 aliphatic carbocycles. The standard InChI is InChI=1S/C27H22O7/c1-14-9-19-25(17(12-22(28)33-19)15-7-5-4-6-8-15)27-24(14)18(13-23(29)34-27)16-10-20(31-2)26(30)21(11-16)32-3/h4-12,18,30H,13H2,1-3H3/t18-/m0/s1. The number of esters is 1. The highest BCUT2D eigenvalue weighted by molar-refractivity contribution is 6.01. The highest BCUT2D eigenvalue weighted by atomic mass is 16.5. The average Bonchev–Trinajstić information content (AvgIpc) is 2.83. The minimum absolute atomic E-state index is 0.0912. The molecule has 0 saturated heterocycles. The van der Waals surface area contributed by atoms with E-state index in [9.17, 15) is 14.7 Å². The molecule has 0 spiro atoms. The maximum Gasteiger partial charge on any atom is 0.336 e. The lowest BCUT2D eigenvalue weighted by atomic mass is 9.82. The van der Waals surface area contributed by atoms with E-state index in [1.807, 2.05) is 37.3 Å². The Morgan fingerprint density at radius 3 is 2.29 bits per heavy atom. The number of aryl methyl sites for hydroxylation is 1. The monoisotopic (exact) mass is 458 g/mol. The predicted molar refractivity (Wildman–Crippen MR) is 126 cm³/mol. The Balaban J connectivity index is 1.83. The Morgan fingerprint density at radius 1 is 0.971 bits per heavy atom. The quantitative estimate of drug-likeness (QED) is 0.263. The van der Waals surface area contributed by atoms with Crippen molar-refractivity contribution in [2.75, 3.05) is 14.2 Å². The van der Waals surface area contributed by atoms with E-state index in [0.717, 1.165) is 22.3 Å². The Hall–Kier alpha value is -4.26. The van der Waals surface area contributed by atoms with Gasteiger partial charge < -0.3 is 23.7 Å². The molecule has 1 atom stereocenters. The van der Waals surface area contributed by atoms with Crippen molar-refractivity contribution in [3.8, 4) is 34.1 Å². The zero-order valence-corrected chi connectivity index (χ0v) is 18.9. The fourth-order valence-electron chi connectivity index (χ4n) is 4.64. The van der Waals surface area contributed by atoms with Crippen LogP contribution in [0.15, 0.2) is 63.8 Å². The largest absolute Gasteiger partial charge is 0.502 e. The third-order valence-electron chi connectivity index (χ3n) is 6.16. The molecule has 0 unspecified atom stereocenters. The summed E-state index contributed by atoms with van der Waals surface area (Å²) in [6, 6.07) is 16.0. The molecule has 0 bridgehead atoms. The van der Waals surface area contributed by atoms with Crippen LogP contribution in [-0.2, 0) is 4.79 Å². The van der Waals surface area contributed by atoms with Gasteiger partial charge in [-0.25, -0.2) is 4.79 Å². The topological polar surface area (TPSA) is 95.2 Å². The van der Waals surface area contributed by atoms with Crippen LogP contribution < -0.4 is 19.8 Å². The number of hydrogen-bond donors (Lipinski definition) is 1. The van der Waals surface area contributed by atoms with E-state index >= 15 is 0 Å². The normalized spacial score (nSPS) is 15.0. The minimum Gasteiger partial charge on any atom is -0.502 e. The first-order valence-electron chi connectivity index (χ1n) is 10.7. The summed E-state index contributed by atoms with van der Waals surface area (Å²) in [6.45, 7) is 1.88. The van der Waals surface area contributed by atoms with E-state index in [0.29, 0.717) is 22.3 Å². The molecule has 1 aliphatic rings. The van der Waals surface area contributed by atoms with Gasteiger partial charge >= 0.3 is 11.6 Å². The number of phenols is 1. The SMILES string of the molecule is COc1cc([C@@H]2CC(=O)Oc3c2c(C)cc2oc(=O)cc(-c4ccccc4)c32)cc(OC)c1O. The van der Waals surface area contributed by atoms with E-state index in [1.165, 1.54) is 20.3 Å². The summed E-state index contributed by atoms with van der Waals surface area (Å²) >= 11 is 0. The van der Waals surface area contributed by atoms with Gasteiger partial charge in [-0.3, -0.25) is 4.79 Å². The van der Waals surface area contributed by atoms with Gasteiger partial charge in [0.15, 0.2) is 11.5 Å². The number of benzene rings is 3. The van der Waals surface area contributed by atoms with Gasteiger partial charge in [0, 0.05) is 23.1 Å². The number of ether oxygens (including phenoxy) is 3. The van der Waals surface area contributed by atoms with E-state index in [1.54, 1.807) is 18.2 Å². The Bertz CT molecular complexity index is 1460. The number of rotatable bonds is 4. The lowest BCUT2D eigenvalue weighted by molar-refractivity contribution is -0.135. The van der Waals surface area contributed by atoms with Gasteiger partial charge in [0.05, 0.1) is 26.0 Å². The van der Waals surface area contributed by atoms with E-state index in [4.69, 9.17) is 18.6 Å². The number of fused-ring (bicyclic) bond motifs is 3. The zero-order valence-electron chi connectivity index (χ0n) is 18.9. The number of carbonyl (C=O) groups is 1. The minimum atomic E-state index is -0.489. The molecule has 1 aromatic heterocycles. The molecule has 0 fully saturated rings. The Morgan fingerprint density at radius 2 is 1.65 bits per heavy atom. The van der Waals surface area contributed by atoms with Gasteiger partial charge in [-0.1, -0.05) is 30.3 Å². The molecule has 7 nitrogen and oxygen atoms in total. The van der Waals surface area contributed by atoms with Crippen LogP contribution in [0.25, 0.3) is 22.1 Å². The van der Waals surface area contributed by atoms with Crippen molar-refractivity contribution in [3.63, 3.8) is 0 Å². The predicted octanol–water partition coefficient (Wildman–Crippen LogP) is 4.93. The van der Waals surface area contributed by atoms with Gasteiger partial charge in [-0.05, 0) is 41.8 Å². The molecule has 5 rings (SSSR count). The van der Waals surface area contributed by atoms with E-state index in [2.05, 4.69) is 0 Å². The maximum absolute atomic E-state index is 12.8. The number of methoxy groups -OCH3 is 2. The summed E-state index contributed by atoms with van der Waals surface area (Å²) in [7, 11) is 2.91. The average molecular weight is 458 g/mol. The van der Waals surface area contributed by atoms with Gasteiger partial charge in [-0.15, -0.1) is 0 Å². The molecule has 1 aliphatic heterocycles. The number of carbonyl (C=O) groups excluding carboxylic acids is 1. The Kier molecular flexibility index (Phi) is 5.24. The van der Waals surface area contributed by atoms with E-state index in [-0.39, 0.29) is 29.6 Å². The molecule has 172 valence electrons. The smallest absolute Gasteiger partial charge is 0.336 e. The van der Waals surface area contributed by atoms with Crippen LogP contribution in [0.1, 0.15) is 29.0 Å². The van der Waals surface area contributed by atoms with Gasteiger partial charge in [0.25, 0.3) is 0 Å². The molecule has 1 N–H and O–H groups in total. The van der Waals surface area contributed by atoms with Crippen molar-refractivity contribution in [1.82, 2.24) is 0 Å². The molecule has 0 amide bonds. The number of phenolic OH excluding ortho intramolecular Hbond substituents is 1. The molecular formula is C27H22O7. The van der Waals surface area contributed by atoms with Crippen molar-refractivity contribution < 1.29 is 28.5 Å². The van der Waals surface area contributed by atoms with Gasteiger partial charge in [0.1, 0.15) is 11.3 Å². The first kappa shape index (κ1) is 21.6. The van der Waals surface area contributed by atoms with E-state index < -0.39 is 11.6 Å². The van der Waals surface area contributed by atoms with Crippen LogP contribution in [0.5, 0.6) is 23.0 Å². The molecular weight excluding hydrogens is 436 g/mol. The maximum atomic E-state index is 12.8. The fourth-order valence-corrected chi connectivity index (χ4v) is 4.64. The third-order valence-corrected chi connectivity index (χ3v) is 6.16. The molecule has 3 aromatic carbocycles. The molecule has 2 heterocycles. The zero-order chi connectivity index (χ0) is 24.0. The summed E-state index contributed by atoms with van der Waals surface area (Å²) in [5.41, 5.74) is 3.61. The van der Waals surface area contributed by atoms with Crippen LogP contribution in [-0.4, -0.2) is 25.3 Å². The summed E-state index contributed by atoms with van der Waals surface area (Å²) in [5.74, 6) is -0.0747. The molecule has 0 radical (unpaired) electrons. The number of hydrogen-bond acceptors (Lipinski definition) is 7. The first-order valence-corrected chi connectivity index (χ1v) is 10.7. The van der Waals surface area contributed by atoms with Gasteiger partial charge in [0.2, 0.25) is 5.75 Å². The van der Waals surface area contributed by atoms with Crippen LogP contribution in [0.2, 0.25) is 0 Å². The first-order chi connectivity index (χ1) is 16.4. The summed E-state index contributed by atoms with van der Waals surface area (Å²) in [4.78, 5) is 25.2. The van der Waals surface area contributed by atoms with Crippen LogP contribution in [0.4, 0.5) is 0 Å². The molecule has 0 saturated carbocycles. The fraction of sp³-hybridized carbons (Fsp3) is 0.185. The second kappa shape index (κ2) is 8.26. The summed E-state index contributed by atoms with van der Waals surface area (Å²) in [5, 5.41) is 10.9. The van der Waals surface area contributed by atoms with Crippen molar-refractivity contribution in [1.29, 1.82) is 0 Å². The second-order valence-corrected chi connectivity index (χ2v) is 8.16. The highest BCUT2D eigenvalue weighted by Gasteiger charge is 2.34. The van der Waals surface area contributed by atoms with Crippen molar-refractivity contribution in [2.24, 2.45) is 0 Å². The van der Waals surface area contributed by atoms with Crippen LogP contribution in [0, 0.1) is 6.92 Å². The molecule has 4 aromatic rings. The highest BCUT2D eigenvalue weighted by Crippen LogP contribution is 2.49. The number of aromatic hydroxyl groups is 1. The summed E-state index contributed by atoms with van der Waals surface area (Å²) in [6.07, 6.45) is 0.0912. The third kappa shape index (κ3) is 3.46. The Labute approximate surface area is 195 Å². The van der Waals surface area contributed by atoms with Crippen LogP contribution >= 0.6 is 0 Å². The van der Waals surface area contributed by atoms with Gasteiger partial charge in [-0.2, -0.15) is 0 Å². The molecule has 34 heavy (non-hydrogen) atoms. The van der Waals surface area contributed by atoms with Crippen molar-refractivity contribution in [2.45, 2.75) is 19.3 Å². The lowest BCUT2D eigenvalue weighted by Gasteiger charge is -2.28. The molecule has 7 heteroatoms. The van der Waals surface area contributed by atoms with Crippen LogP contribution in [0.3, 0.4) is 0 Å². The van der Waals surface area contributed by atoms with Crippen molar-refractivity contribution in [3.05, 3.63) is 81.7 Å².